The van der Waals surface area contributed by atoms with Gasteiger partial charge in [-0.25, -0.2) is 0 Å². The molecule has 0 bridgehead atoms. The van der Waals surface area contributed by atoms with Crippen LogP contribution in [0.5, 0.6) is 0 Å². The van der Waals surface area contributed by atoms with E-state index in [1.54, 1.807) is 0 Å². The molecule has 1 rings (SSSR count). The molecule has 0 aliphatic heterocycles. The van der Waals surface area contributed by atoms with Gasteiger partial charge in [-0.3, -0.25) is 0 Å². The second-order valence-electron chi connectivity index (χ2n) is 2.48. The Hall–Kier alpha value is 0.206. The van der Waals surface area contributed by atoms with Gasteiger partial charge in [0, 0.05) is 0 Å². The van der Waals surface area contributed by atoms with Gasteiger partial charge in [0.2, 0.25) is 0 Å². The molecule has 52 valence electrons. The van der Waals surface area contributed by atoms with Crippen LogP contribution in [0.15, 0.2) is 35.2 Å². The van der Waals surface area contributed by atoms with Gasteiger partial charge in [-0.1, -0.05) is 0 Å². The van der Waals surface area contributed by atoms with Gasteiger partial charge in [0.25, 0.3) is 0 Å². The van der Waals surface area contributed by atoms with Gasteiger partial charge in [0.15, 0.2) is 0 Å². The predicted molar refractivity (Wildman–Crippen MR) is 49.8 cm³/mol. The maximum absolute atomic E-state index is 2.39. The molecule has 0 saturated carbocycles. The molecule has 0 saturated heterocycles. The molecule has 0 radical (unpaired) electrons. The second-order valence-corrected chi connectivity index (χ2v) is 14.0. The van der Waals surface area contributed by atoms with E-state index in [1.165, 1.54) is 4.90 Å². The minimum absolute atomic E-state index is 0.888. The molecule has 0 aromatic heterocycles. The van der Waals surface area contributed by atoms with Crippen LogP contribution in [0, 0.1) is 0 Å². The molecular weight excluding hydrogens is 198 g/mol. The molecule has 0 aliphatic rings. The molecule has 0 unspecified atom stereocenters. The Morgan fingerprint density at radius 3 is 2.20 bits per heavy atom. The van der Waals surface area contributed by atoms with Gasteiger partial charge < -0.3 is 0 Å². The SMILES string of the molecule is [CH3][Ga]([CH3])[S]c1ccccc1. The van der Waals surface area contributed by atoms with E-state index in [1.807, 2.05) is 0 Å². The van der Waals surface area contributed by atoms with E-state index >= 15 is 0 Å². The summed E-state index contributed by atoms with van der Waals surface area (Å²) in [4.78, 5) is 1.44. The number of rotatable bonds is 2. The first-order valence-corrected chi connectivity index (χ1v) is 12.2. The molecule has 0 nitrogen and oxygen atoms in total. The fourth-order valence-corrected chi connectivity index (χ4v) is 6.05. The van der Waals surface area contributed by atoms with Crippen LogP contribution in [0.1, 0.15) is 0 Å². The number of hydrogen-bond acceptors (Lipinski definition) is 1. The van der Waals surface area contributed by atoms with Gasteiger partial charge >= 0.3 is 70.9 Å². The van der Waals surface area contributed by atoms with Crippen LogP contribution in [0.2, 0.25) is 11.0 Å². The number of hydrogen-bond donors (Lipinski definition) is 0. The Bertz CT molecular complexity index is 184. The molecule has 2 heteroatoms. The van der Waals surface area contributed by atoms with Crippen molar-refractivity contribution in [3.05, 3.63) is 30.3 Å². The molecule has 0 N–H and O–H groups in total. The topological polar surface area (TPSA) is 0 Å². The van der Waals surface area contributed by atoms with Crippen LogP contribution in [0.4, 0.5) is 0 Å². The third-order valence-electron chi connectivity index (χ3n) is 1.11. The third-order valence-corrected chi connectivity index (χ3v) is 6.81. The van der Waals surface area contributed by atoms with Crippen molar-refractivity contribution in [2.24, 2.45) is 0 Å². The van der Waals surface area contributed by atoms with E-state index in [0.29, 0.717) is 0 Å². The summed E-state index contributed by atoms with van der Waals surface area (Å²) >= 11 is -0.888. The van der Waals surface area contributed by atoms with Gasteiger partial charge in [-0.2, -0.15) is 0 Å². The Balaban J connectivity index is 2.59. The summed E-state index contributed by atoms with van der Waals surface area (Å²) in [6.07, 6.45) is 0. The monoisotopic (exact) mass is 208 g/mol. The predicted octanol–water partition coefficient (Wildman–Crippen LogP) is 3.03. The molecule has 0 heterocycles. The molecule has 1 aromatic rings. The summed E-state index contributed by atoms with van der Waals surface area (Å²) in [6.45, 7) is 0. The van der Waals surface area contributed by atoms with Crippen molar-refractivity contribution in [1.29, 1.82) is 0 Å². The average molecular weight is 209 g/mol. The van der Waals surface area contributed by atoms with E-state index in [9.17, 15) is 0 Å². The van der Waals surface area contributed by atoms with Crippen LogP contribution in [0.3, 0.4) is 0 Å². The molecular formula is C8H11GaS. The summed E-state index contributed by atoms with van der Waals surface area (Å²) in [5.74, 6) is 0. The van der Waals surface area contributed by atoms with Crippen LogP contribution in [-0.2, 0) is 0 Å². The molecule has 10 heavy (non-hydrogen) atoms. The maximum atomic E-state index is 2.39. The standard InChI is InChI=1S/C6H6S.2CH3.Ga/c7-6-4-2-1-3-5-6;;;/h1-5,7H;2*1H3;/q;;;+1/p-1. The molecule has 0 atom stereocenters. The van der Waals surface area contributed by atoms with Crippen molar-refractivity contribution in [3.63, 3.8) is 0 Å². The van der Waals surface area contributed by atoms with Crippen molar-refractivity contribution in [2.45, 2.75) is 15.9 Å². The van der Waals surface area contributed by atoms with E-state index in [-0.39, 0.29) is 0 Å². The van der Waals surface area contributed by atoms with Gasteiger partial charge in [-0.15, -0.1) is 0 Å². The molecule has 0 spiro atoms. The minimum atomic E-state index is -0.888. The van der Waals surface area contributed by atoms with E-state index in [4.69, 9.17) is 0 Å². The quantitative estimate of drug-likeness (QED) is 0.674. The van der Waals surface area contributed by atoms with Crippen molar-refractivity contribution in [1.82, 2.24) is 0 Å². The fourth-order valence-electron chi connectivity index (χ4n) is 0.771. The Morgan fingerprint density at radius 2 is 1.70 bits per heavy atom. The normalized spacial score (nSPS) is 9.40. The van der Waals surface area contributed by atoms with Crippen LogP contribution < -0.4 is 0 Å². The molecule has 0 aliphatic carbocycles. The fraction of sp³-hybridized carbons (Fsp3) is 0.250. The van der Waals surface area contributed by atoms with Crippen LogP contribution >= 0.6 is 9.70 Å². The zero-order valence-corrected chi connectivity index (χ0v) is 9.61. The van der Waals surface area contributed by atoms with Crippen LogP contribution in [0.25, 0.3) is 0 Å². The summed E-state index contributed by atoms with van der Waals surface area (Å²) in [5, 5.41) is 0. The zero-order valence-electron chi connectivity index (χ0n) is 6.37. The zero-order chi connectivity index (χ0) is 7.40. The first kappa shape index (κ1) is 8.30. The summed E-state index contributed by atoms with van der Waals surface area (Å²) < 4.78 is 0. The summed E-state index contributed by atoms with van der Waals surface area (Å²) in [5.41, 5.74) is 4.79. The first-order valence-electron chi connectivity index (χ1n) is 3.51. The third kappa shape index (κ3) is 2.86. The van der Waals surface area contributed by atoms with Crippen molar-refractivity contribution >= 4 is 24.7 Å². The van der Waals surface area contributed by atoms with E-state index < -0.39 is 15.0 Å². The second kappa shape index (κ2) is 4.16. The molecule has 1 aromatic carbocycles. The van der Waals surface area contributed by atoms with Crippen molar-refractivity contribution < 1.29 is 0 Å². The van der Waals surface area contributed by atoms with Crippen molar-refractivity contribution in [2.75, 3.05) is 0 Å². The van der Waals surface area contributed by atoms with Crippen LogP contribution in [-0.4, -0.2) is 15.0 Å². The molecule has 0 fully saturated rings. The van der Waals surface area contributed by atoms with Crippen molar-refractivity contribution in [3.8, 4) is 0 Å². The first-order chi connectivity index (χ1) is 4.79. The Morgan fingerprint density at radius 1 is 1.10 bits per heavy atom. The van der Waals surface area contributed by atoms with E-state index in [0.717, 1.165) is 0 Å². The van der Waals surface area contributed by atoms with Gasteiger partial charge in [0.1, 0.15) is 0 Å². The molecule has 0 amide bonds. The van der Waals surface area contributed by atoms with Gasteiger partial charge in [0.05, 0.1) is 0 Å². The van der Waals surface area contributed by atoms with Gasteiger partial charge in [-0.05, 0) is 0 Å². The summed E-state index contributed by atoms with van der Waals surface area (Å²) in [6, 6.07) is 10.7. The summed E-state index contributed by atoms with van der Waals surface area (Å²) in [7, 11) is 2.09. The Kier molecular flexibility index (Phi) is 3.46. The number of benzene rings is 1. The average Bonchev–Trinajstić information content (AvgIpc) is 1.88. The van der Waals surface area contributed by atoms with E-state index in [2.05, 4.69) is 51.0 Å². The Labute approximate surface area is 70.9 Å².